The molecule has 7 heteroatoms. The summed E-state index contributed by atoms with van der Waals surface area (Å²) >= 11 is 5.79. The van der Waals surface area contributed by atoms with Crippen LogP contribution in [0.25, 0.3) is 0 Å². The van der Waals surface area contributed by atoms with E-state index in [0.29, 0.717) is 22.2 Å². The maximum absolute atomic E-state index is 12.3. The minimum Gasteiger partial charge on any atom is -0.497 e. The molecule has 6 nitrogen and oxygen atoms in total. The number of hydrogen-bond donors (Lipinski definition) is 1. The van der Waals surface area contributed by atoms with Crippen molar-refractivity contribution in [3.05, 3.63) is 53.1 Å². The van der Waals surface area contributed by atoms with Crippen LogP contribution >= 0.6 is 11.6 Å². The summed E-state index contributed by atoms with van der Waals surface area (Å²) in [6, 6.07) is 11.3. The van der Waals surface area contributed by atoms with Gasteiger partial charge in [-0.05, 0) is 43.3 Å². The maximum atomic E-state index is 12.3. The van der Waals surface area contributed by atoms with Crippen molar-refractivity contribution in [2.75, 3.05) is 19.5 Å². The topological polar surface area (TPSA) is 73.9 Å². The number of benzene rings is 2. The lowest BCUT2D eigenvalue weighted by Gasteiger charge is -2.15. The lowest BCUT2D eigenvalue weighted by atomic mass is 10.2. The lowest BCUT2D eigenvalue weighted by Crippen LogP contribution is -2.30. The third-order valence-corrected chi connectivity index (χ3v) is 3.65. The molecular formula is C18H18ClNO5. The smallest absolute Gasteiger partial charge is 0.342 e. The van der Waals surface area contributed by atoms with Gasteiger partial charge in [0.1, 0.15) is 17.1 Å². The predicted molar refractivity (Wildman–Crippen MR) is 94.5 cm³/mol. The van der Waals surface area contributed by atoms with Crippen LogP contribution in [-0.4, -0.2) is 32.2 Å². The molecule has 0 spiro atoms. The van der Waals surface area contributed by atoms with Crippen LogP contribution in [0.3, 0.4) is 0 Å². The van der Waals surface area contributed by atoms with Gasteiger partial charge >= 0.3 is 5.97 Å². The second kappa shape index (κ2) is 8.39. The fourth-order valence-corrected chi connectivity index (χ4v) is 2.15. The summed E-state index contributed by atoms with van der Waals surface area (Å²) in [6.45, 7) is 1.49. The molecule has 132 valence electrons. The van der Waals surface area contributed by atoms with Crippen molar-refractivity contribution in [3.8, 4) is 11.5 Å². The van der Waals surface area contributed by atoms with E-state index in [9.17, 15) is 9.59 Å². The zero-order valence-electron chi connectivity index (χ0n) is 14.0. The van der Waals surface area contributed by atoms with Gasteiger partial charge in [-0.25, -0.2) is 4.79 Å². The normalized spacial score (nSPS) is 11.4. The Morgan fingerprint density at radius 2 is 1.72 bits per heavy atom. The standard InChI is InChI=1S/C18H18ClNO5/c1-11(17(21)20-13-6-4-12(19)5-7-13)25-18(22)15-9-8-14(23-2)10-16(15)24-3/h4-11H,1-3H3,(H,20,21)/t11-/m1/s1. The average molecular weight is 364 g/mol. The van der Waals surface area contributed by atoms with E-state index in [0.717, 1.165) is 0 Å². The number of halogens is 1. The third kappa shape index (κ3) is 4.87. The number of rotatable bonds is 6. The van der Waals surface area contributed by atoms with Gasteiger partial charge in [0, 0.05) is 16.8 Å². The minimum absolute atomic E-state index is 0.203. The first-order chi connectivity index (χ1) is 11.9. The summed E-state index contributed by atoms with van der Waals surface area (Å²) in [5.74, 6) is -0.280. The van der Waals surface area contributed by atoms with Gasteiger partial charge in [0.05, 0.1) is 14.2 Å². The molecule has 0 radical (unpaired) electrons. The molecule has 2 aromatic carbocycles. The van der Waals surface area contributed by atoms with Crippen LogP contribution in [0, 0.1) is 0 Å². The highest BCUT2D eigenvalue weighted by atomic mass is 35.5. The van der Waals surface area contributed by atoms with Crippen molar-refractivity contribution in [3.63, 3.8) is 0 Å². The molecule has 0 aliphatic heterocycles. The Hall–Kier alpha value is -2.73. The number of hydrogen-bond acceptors (Lipinski definition) is 5. The summed E-state index contributed by atoms with van der Waals surface area (Å²) in [6.07, 6.45) is -0.991. The Kier molecular flexibility index (Phi) is 6.25. The van der Waals surface area contributed by atoms with E-state index >= 15 is 0 Å². The number of methoxy groups -OCH3 is 2. The van der Waals surface area contributed by atoms with Crippen LogP contribution < -0.4 is 14.8 Å². The Morgan fingerprint density at radius 3 is 2.32 bits per heavy atom. The number of ether oxygens (including phenoxy) is 3. The predicted octanol–water partition coefficient (Wildman–Crippen LogP) is 3.54. The van der Waals surface area contributed by atoms with Crippen LogP contribution in [0.2, 0.25) is 5.02 Å². The molecule has 0 bridgehead atoms. The highest BCUT2D eigenvalue weighted by molar-refractivity contribution is 6.30. The van der Waals surface area contributed by atoms with Crippen LogP contribution in [-0.2, 0) is 9.53 Å². The monoisotopic (exact) mass is 363 g/mol. The van der Waals surface area contributed by atoms with Crippen molar-refractivity contribution < 1.29 is 23.8 Å². The van der Waals surface area contributed by atoms with Crippen LogP contribution in [0.15, 0.2) is 42.5 Å². The van der Waals surface area contributed by atoms with Crippen molar-refractivity contribution >= 4 is 29.2 Å². The number of nitrogens with one attached hydrogen (secondary N) is 1. The average Bonchev–Trinajstić information content (AvgIpc) is 2.62. The fourth-order valence-electron chi connectivity index (χ4n) is 2.02. The number of amides is 1. The van der Waals surface area contributed by atoms with E-state index in [2.05, 4.69) is 5.32 Å². The zero-order chi connectivity index (χ0) is 18.4. The van der Waals surface area contributed by atoms with Crippen molar-refractivity contribution in [2.45, 2.75) is 13.0 Å². The van der Waals surface area contributed by atoms with Crippen molar-refractivity contribution in [2.24, 2.45) is 0 Å². The number of carbonyl (C=O) groups is 2. The van der Waals surface area contributed by atoms with Gasteiger partial charge in [-0.2, -0.15) is 0 Å². The Morgan fingerprint density at radius 1 is 1.04 bits per heavy atom. The first kappa shape index (κ1) is 18.6. The van der Waals surface area contributed by atoms with Gasteiger partial charge in [0.25, 0.3) is 5.91 Å². The van der Waals surface area contributed by atoms with Crippen LogP contribution in [0.5, 0.6) is 11.5 Å². The summed E-state index contributed by atoms with van der Waals surface area (Å²) in [7, 11) is 2.94. The van der Waals surface area contributed by atoms with E-state index in [1.165, 1.54) is 27.2 Å². The summed E-state index contributed by atoms with van der Waals surface area (Å²) in [4.78, 5) is 24.4. The highest BCUT2D eigenvalue weighted by Gasteiger charge is 2.22. The molecule has 0 heterocycles. The summed E-state index contributed by atoms with van der Waals surface area (Å²) < 4.78 is 15.5. The first-order valence-electron chi connectivity index (χ1n) is 7.44. The highest BCUT2D eigenvalue weighted by Crippen LogP contribution is 2.25. The lowest BCUT2D eigenvalue weighted by molar-refractivity contribution is -0.123. The largest absolute Gasteiger partial charge is 0.497 e. The quantitative estimate of drug-likeness (QED) is 0.794. The molecule has 0 saturated heterocycles. The van der Waals surface area contributed by atoms with E-state index in [1.54, 1.807) is 36.4 Å². The molecule has 0 aliphatic rings. The van der Waals surface area contributed by atoms with Crippen LogP contribution in [0.4, 0.5) is 5.69 Å². The molecule has 0 fully saturated rings. The third-order valence-electron chi connectivity index (χ3n) is 3.39. The van der Waals surface area contributed by atoms with Crippen molar-refractivity contribution in [1.29, 1.82) is 0 Å². The van der Waals surface area contributed by atoms with Gasteiger partial charge in [-0.1, -0.05) is 11.6 Å². The fraction of sp³-hybridized carbons (Fsp3) is 0.222. The van der Waals surface area contributed by atoms with Gasteiger partial charge in [0.2, 0.25) is 0 Å². The number of esters is 1. The van der Waals surface area contributed by atoms with E-state index in [-0.39, 0.29) is 5.56 Å². The van der Waals surface area contributed by atoms with E-state index in [1.807, 2.05) is 0 Å². The van der Waals surface area contributed by atoms with Gasteiger partial charge in [-0.3, -0.25) is 4.79 Å². The SMILES string of the molecule is COc1ccc(C(=O)O[C@H](C)C(=O)Nc2ccc(Cl)cc2)c(OC)c1. The Bertz CT molecular complexity index is 761. The molecule has 0 saturated carbocycles. The molecule has 0 aromatic heterocycles. The molecular weight excluding hydrogens is 346 g/mol. The van der Waals surface area contributed by atoms with E-state index in [4.69, 9.17) is 25.8 Å². The molecule has 1 amide bonds. The van der Waals surface area contributed by atoms with E-state index < -0.39 is 18.0 Å². The maximum Gasteiger partial charge on any atom is 0.342 e. The summed E-state index contributed by atoms with van der Waals surface area (Å²) in [5, 5.41) is 3.21. The second-order valence-corrected chi connectivity index (χ2v) is 5.55. The molecule has 1 N–H and O–H groups in total. The molecule has 2 aromatic rings. The number of carbonyl (C=O) groups excluding carboxylic acids is 2. The second-order valence-electron chi connectivity index (χ2n) is 5.11. The summed E-state index contributed by atoms with van der Waals surface area (Å²) in [5.41, 5.74) is 0.758. The number of anilines is 1. The first-order valence-corrected chi connectivity index (χ1v) is 7.82. The minimum atomic E-state index is -0.991. The Balaban J connectivity index is 2.04. The molecule has 0 aliphatic carbocycles. The van der Waals surface area contributed by atoms with Gasteiger partial charge in [-0.15, -0.1) is 0 Å². The van der Waals surface area contributed by atoms with Crippen molar-refractivity contribution in [1.82, 2.24) is 0 Å². The molecule has 1 atom stereocenters. The van der Waals surface area contributed by atoms with Gasteiger partial charge in [0.15, 0.2) is 6.10 Å². The Labute approximate surface area is 150 Å². The molecule has 25 heavy (non-hydrogen) atoms. The molecule has 2 rings (SSSR count). The van der Waals surface area contributed by atoms with Crippen LogP contribution in [0.1, 0.15) is 17.3 Å². The zero-order valence-corrected chi connectivity index (χ0v) is 14.8. The van der Waals surface area contributed by atoms with Gasteiger partial charge < -0.3 is 19.5 Å². The molecule has 0 unspecified atom stereocenters.